The molecule has 0 bridgehead atoms. The van der Waals surface area contributed by atoms with Gasteiger partial charge in [-0.25, -0.2) is 14.8 Å². The molecule has 0 aliphatic carbocycles. The van der Waals surface area contributed by atoms with Crippen LogP contribution in [0.1, 0.15) is 66.4 Å². The summed E-state index contributed by atoms with van der Waals surface area (Å²) in [6, 6.07) is 0.319. The number of amides is 1. The molecular weight excluding hydrogens is 364 g/mol. The highest BCUT2D eigenvalue weighted by molar-refractivity contribution is 6.30. The molecule has 1 aliphatic rings. The Kier molecular flexibility index (Phi) is 9.30. The molecule has 1 aliphatic heterocycles. The van der Waals surface area contributed by atoms with Crippen LogP contribution in [-0.4, -0.2) is 52.7 Å². The van der Waals surface area contributed by atoms with E-state index < -0.39 is 5.60 Å². The third-order valence-corrected chi connectivity index (χ3v) is 4.55. The molecule has 1 aromatic heterocycles. The Labute approximate surface area is 169 Å². The van der Waals surface area contributed by atoms with Crippen LogP contribution in [-0.2, 0) is 11.2 Å². The van der Waals surface area contributed by atoms with E-state index in [2.05, 4.69) is 28.7 Å². The normalized spacial score (nSPS) is 15.0. The van der Waals surface area contributed by atoms with Crippen molar-refractivity contribution in [3.8, 4) is 0 Å². The number of likely N-dealkylation sites (tertiary alicyclic amines) is 1. The number of halogens is 1. The molecule has 1 amide bonds. The number of anilines is 1. The number of rotatable bonds is 3. The fourth-order valence-corrected chi connectivity index (χ4v) is 3.19. The minimum atomic E-state index is -0.460. The van der Waals surface area contributed by atoms with Gasteiger partial charge in [-0.1, -0.05) is 38.8 Å². The monoisotopic (exact) mass is 398 g/mol. The van der Waals surface area contributed by atoms with Gasteiger partial charge < -0.3 is 14.5 Å². The molecule has 27 heavy (non-hydrogen) atoms. The molecule has 0 N–H and O–H groups in total. The lowest BCUT2D eigenvalue weighted by atomic mass is 10.0. The van der Waals surface area contributed by atoms with E-state index in [-0.39, 0.29) is 6.09 Å². The van der Waals surface area contributed by atoms with Crippen LogP contribution < -0.4 is 4.90 Å². The first-order valence-corrected chi connectivity index (χ1v) is 10.2. The van der Waals surface area contributed by atoms with Crippen LogP contribution in [0.15, 0.2) is 6.33 Å². The van der Waals surface area contributed by atoms with Crippen molar-refractivity contribution in [1.29, 1.82) is 0 Å². The maximum atomic E-state index is 12.2. The first-order valence-electron chi connectivity index (χ1n) is 9.84. The molecule has 1 fully saturated rings. The Morgan fingerprint density at radius 2 is 1.81 bits per heavy atom. The third kappa shape index (κ3) is 7.17. The lowest BCUT2D eigenvalue weighted by Gasteiger charge is -2.38. The number of aromatic nitrogens is 2. The topological polar surface area (TPSA) is 58.6 Å². The van der Waals surface area contributed by atoms with Gasteiger partial charge in [0.05, 0.1) is 0 Å². The Balaban J connectivity index is 0.00000114. The summed E-state index contributed by atoms with van der Waals surface area (Å²) in [4.78, 5) is 24.6. The van der Waals surface area contributed by atoms with E-state index in [1.54, 1.807) is 4.90 Å². The molecule has 7 heteroatoms. The zero-order valence-electron chi connectivity index (χ0n) is 17.9. The molecule has 2 rings (SSSR count). The van der Waals surface area contributed by atoms with E-state index in [9.17, 15) is 4.79 Å². The number of hydrogen-bond acceptors (Lipinski definition) is 5. The number of ether oxygens (including phenoxy) is 1. The highest BCUT2D eigenvalue weighted by Crippen LogP contribution is 2.27. The average Bonchev–Trinajstić information content (AvgIpc) is 2.60. The number of carbonyl (C=O) groups excluding carboxylic acids is 1. The van der Waals surface area contributed by atoms with E-state index in [1.165, 1.54) is 12.7 Å². The van der Waals surface area contributed by atoms with Crippen molar-refractivity contribution >= 4 is 23.5 Å². The summed E-state index contributed by atoms with van der Waals surface area (Å²) in [5, 5.41) is 0.514. The van der Waals surface area contributed by atoms with Gasteiger partial charge >= 0.3 is 6.09 Å². The molecule has 2 heterocycles. The highest BCUT2D eigenvalue weighted by Gasteiger charge is 2.29. The molecule has 0 unspecified atom stereocenters. The molecule has 154 valence electrons. The summed E-state index contributed by atoms with van der Waals surface area (Å²) in [6.07, 6.45) is 5.06. The second-order valence-electron chi connectivity index (χ2n) is 7.84. The van der Waals surface area contributed by atoms with Gasteiger partial charge in [-0.15, -0.1) is 0 Å². The van der Waals surface area contributed by atoms with Gasteiger partial charge in [-0.2, -0.15) is 0 Å². The second-order valence-corrected chi connectivity index (χ2v) is 8.19. The summed E-state index contributed by atoms with van der Waals surface area (Å²) in [5.74, 6) is 0.883. The first-order chi connectivity index (χ1) is 12.6. The van der Waals surface area contributed by atoms with Gasteiger partial charge in [0.25, 0.3) is 0 Å². The third-order valence-electron chi connectivity index (χ3n) is 4.22. The fraction of sp³-hybridized carbons (Fsp3) is 0.750. The van der Waals surface area contributed by atoms with Crippen LogP contribution >= 0.6 is 11.6 Å². The van der Waals surface area contributed by atoms with E-state index in [0.29, 0.717) is 24.3 Å². The molecule has 0 saturated carbocycles. The summed E-state index contributed by atoms with van der Waals surface area (Å²) < 4.78 is 5.45. The van der Waals surface area contributed by atoms with Crippen LogP contribution in [0.5, 0.6) is 0 Å². The predicted molar refractivity (Wildman–Crippen MR) is 112 cm³/mol. The Morgan fingerprint density at radius 1 is 1.26 bits per heavy atom. The Morgan fingerprint density at radius 3 is 2.30 bits per heavy atom. The minimum Gasteiger partial charge on any atom is -0.444 e. The zero-order valence-corrected chi connectivity index (χ0v) is 18.6. The number of nitrogens with zero attached hydrogens (tertiary/aromatic N) is 4. The van der Waals surface area contributed by atoms with Crippen molar-refractivity contribution < 1.29 is 9.53 Å². The molecule has 0 radical (unpaired) electrons. The molecule has 0 spiro atoms. The van der Waals surface area contributed by atoms with Gasteiger partial charge in [0.1, 0.15) is 22.9 Å². The average molecular weight is 399 g/mol. The number of hydrogen-bond donors (Lipinski definition) is 0. The maximum Gasteiger partial charge on any atom is 0.410 e. The van der Waals surface area contributed by atoms with Gasteiger partial charge in [0.15, 0.2) is 0 Å². The van der Waals surface area contributed by atoms with Crippen molar-refractivity contribution in [2.24, 2.45) is 0 Å². The van der Waals surface area contributed by atoms with Crippen LogP contribution in [0, 0.1) is 0 Å². The van der Waals surface area contributed by atoms with E-state index >= 15 is 0 Å². The fourth-order valence-electron chi connectivity index (χ4n) is 2.93. The van der Waals surface area contributed by atoms with Gasteiger partial charge in [0.2, 0.25) is 0 Å². The number of carbonyl (C=O) groups is 1. The molecule has 6 nitrogen and oxygen atoms in total. The van der Waals surface area contributed by atoms with Crippen LogP contribution in [0.2, 0.25) is 5.15 Å². The highest BCUT2D eigenvalue weighted by atomic mass is 35.5. The molecule has 0 aromatic carbocycles. The van der Waals surface area contributed by atoms with Gasteiger partial charge in [-0.3, -0.25) is 0 Å². The van der Waals surface area contributed by atoms with E-state index in [1.807, 2.05) is 34.7 Å². The summed E-state index contributed by atoms with van der Waals surface area (Å²) in [5.41, 5.74) is 0.509. The standard InChI is InChI=1S/C17H27ClN4O2.C3H8/c1-6-13-14(18)19-11-20-15(13)21(5)12-7-9-22(10-8-12)16(23)24-17(2,3)4;1-3-2/h11-12H,6-10H2,1-5H3;3H2,1-2H3. The Bertz CT molecular complexity index is 596. The maximum absolute atomic E-state index is 12.2. The lowest BCUT2D eigenvalue weighted by molar-refractivity contribution is 0.0205. The van der Waals surface area contributed by atoms with Crippen molar-refractivity contribution in [2.45, 2.75) is 78.9 Å². The summed E-state index contributed by atoms with van der Waals surface area (Å²) in [7, 11) is 2.03. The summed E-state index contributed by atoms with van der Waals surface area (Å²) >= 11 is 6.19. The second kappa shape index (κ2) is 10.7. The molecule has 1 aromatic rings. The molecular formula is C20H35ClN4O2. The Hall–Kier alpha value is -1.56. The van der Waals surface area contributed by atoms with E-state index in [4.69, 9.17) is 16.3 Å². The SMILES string of the molecule is CCC.CCc1c(Cl)ncnc1N(C)C1CCN(C(=O)OC(C)(C)C)CC1. The lowest BCUT2D eigenvalue weighted by Crippen LogP contribution is -2.47. The minimum absolute atomic E-state index is 0.233. The van der Waals surface area contributed by atoms with E-state index in [0.717, 1.165) is 30.6 Å². The number of piperidine rings is 1. The molecule has 0 atom stereocenters. The van der Waals surface area contributed by atoms with Crippen molar-refractivity contribution in [3.05, 3.63) is 17.0 Å². The van der Waals surface area contributed by atoms with Crippen LogP contribution in [0.25, 0.3) is 0 Å². The van der Waals surface area contributed by atoms with Gasteiger partial charge in [0, 0.05) is 31.7 Å². The largest absolute Gasteiger partial charge is 0.444 e. The predicted octanol–water partition coefficient (Wildman–Crippen LogP) is 4.94. The smallest absolute Gasteiger partial charge is 0.410 e. The van der Waals surface area contributed by atoms with Crippen molar-refractivity contribution in [1.82, 2.24) is 14.9 Å². The summed E-state index contributed by atoms with van der Waals surface area (Å²) in [6.45, 7) is 13.3. The molecule has 1 saturated heterocycles. The zero-order chi connectivity index (χ0) is 20.6. The van der Waals surface area contributed by atoms with Crippen LogP contribution in [0.3, 0.4) is 0 Å². The quantitative estimate of drug-likeness (QED) is 0.674. The van der Waals surface area contributed by atoms with Crippen LogP contribution in [0.4, 0.5) is 10.6 Å². The first kappa shape index (κ1) is 23.5. The van der Waals surface area contributed by atoms with Crippen molar-refractivity contribution in [3.63, 3.8) is 0 Å². The van der Waals surface area contributed by atoms with Gasteiger partial charge in [-0.05, 0) is 40.0 Å². The van der Waals surface area contributed by atoms with Crippen molar-refractivity contribution in [2.75, 3.05) is 25.0 Å².